The molecule has 0 spiro atoms. The molecule has 0 amide bonds. The van der Waals surface area contributed by atoms with Crippen LogP contribution in [0.25, 0.3) is 16.2 Å². The Bertz CT molecular complexity index is 611. The van der Waals surface area contributed by atoms with Gasteiger partial charge in [0, 0.05) is 34.4 Å². The van der Waals surface area contributed by atoms with Gasteiger partial charge in [-0.05, 0) is 37.4 Å². The maximum atomic E-state index is 5.92. The van der Waals surface area contributed by atoms with Crippen molar-refractivity contribution in [1.82, 2.24) is 9.88 Å². The van der Waals surface area contributed by atoms with E-state index in [1.165, 1.54) is 4.70 Å². The van der Waals surface area contributed by atoms with E-state index in [1.54, 1.807) is 11.3 Å². The van der Waals surface area contributed by atoms with Crippen LogP contribution in [0.5, 0.6) is 0 Å². The first-order valence-corrected chi connectivity index (χ1v) is 7.88. The Morgan fingerprint density at radius 2 is 2.20 bits per heavy atom. The van der Waals surface area contributed by atoms with Gasteiger partial charge in [0.1, 0.15) is 5.82 Å². The third kappa shape index (κ3) is 2.85. The van der Waals surface area contributed by atoms with Gasteiger partial charge in [-0.15, -0.1) is 11.3 Å². The molecular formula is C15H20N4S. The topological polar surface area (TPSA) is 68.2 Å². The molecule has 3 heterocycles. The lowest BCUT2D eigenvalue weighted by Crippen LogP contribution is -2.39. The van der Waals surface area contributed by atoms with E-state index in [0.717, 1.165) is 43.4 Å². The maximum absolute atomic E-state index is 5.92. The standard InChI is InChI=1S/C15H20N4S/c16-12-3-7-19(8-4-12)6-1-2-11-10-18-15(17)13-5-9-20-14(11)13/h1-2,5,9-10,12H,3-4,6-8,16H2,(H2,17,18)/b2-1+. The lowest BCUT2D eigenvalue weighted by molar-refractivity contribution is 0.234. The predicted molar refractivity (Wildman–Crippen MR) is 86.7 cm³/mol. The summed E-state index contributed by atoms with van der Waals surface area (Å²) in [7, 11) is 0. The second-order valence-corrected chi connectivity index (χ2v) is 6.22. The summed E-state index contributed by atoms with van der Waals surface area (Å²) in [4.78, 5) is 6.70. The number of likely N-dealkylation sites (tertiary alicyclic amines) is 1. The molecule has 3 rings (SSSR count). The fraction of sp³-hybridized carbons (Fsp3) is 0.400. The highest BCUT2D eigenvalue weighted by atomic mass is 32.1. The van der Waals surface area contributed by atoms with E-state index in [9.17, 15) is 0 Å². The number of nitrogens with zero attached hydrogens (tertiary/aromatic N) is 2. The average molecular weight is 288 g/mol. The fourth-order valence-electron chi connectivity index (χ4n) is 2.58. The molecule has 1 saturated heterocycles. The molecule has 5 heteroatoms. The fourth-order valence-corrected chi connectivity index (χ4v) is 3.48. The van der Waals surface area contributed by atoms with Crippen LogP contribution in [0.1, 0.15) is 18.4 Å². The summed E-state index contributed by atoms with van der Waals surface area (Å²) in [5.74, 6) is 0.614. The summed E-state index contributed by atoms with van der Waals surface area (Å²) in [6, 6.07) is 2.42. The molecule has 106 valence electrons. The number of thiophene rings is 1. The minimum absolute atomic E-state index is 0.391. The predicted octanol–water partition coefficient (Wildman–Crippen LogP) is 2.31. The van der Waals surface area contributed by atoms with E-state index < -0.39 is 0 Å². The number of anilines is 1. The van der Waals surface area contributed by atoms with Crippen molar-refractivity contribution in [3.63, 3.8) is 0 Å². The van der Waals surface area contributed by atoms with E-state index in [-0.39, 0.29) is 0 Å². The quantitative estimate of drug-likeness (QED) is 0.909. The van der Waals surface area contributed by atoms with Crippen LogP contribution in [-0.2, 0) is 0 Å². The number of nitrogens with two attached hydrogens (primary N) is 2. The zero-order chi connectivity index (χ0) is 13.9. The zero-order valence-electron chi connectivity index (χ0n) is 11.5. The normalized spacial score (nSPS) is 18.2. The number of pyridine rings is 1. The maximum Gasteiger partial charge on any atom is 0.132 e. The van der Waals surface area contributed by atoms with Crippen molar-refractivity contribution in [3.8, 4) is 0 Å². The first-order chi connectivity index (χ1) is 9.74. The number of aromatic nitrogens is 1. The lowest BCUT2D eigenvalue weighted by atomic mass is 10.1. The third-order valence-electron chi connectivity index (χ3n) is 3.84. The molecule has 0 aliphatic carbocycles. The Labute approximate surface area is 123 Å². The van der Waals surface area contributed by atoms with Crippen LogP contribution in [0.4, 0.5) is 5.82 Å². The number of hydrogen-bond acceptors (Lipinski definition) is 5. The van der Waals surface area contributed by atoms with Gasteiger partial charge in [0.15, 0.2) is 0 Å². The summed E-state index contributed by atoms with van der Waals surface area (Å²) in [6.07, 6.45) is 8.43. The van der Waals surface area contributed by atoms with Crippen LogP contribution >= 0.6 is 11.3 Å². The van der Waals surface area contributed by atoms with Crippen LogP contribution in [0.2, 0.25) is 0 Å². The van der Waals surface area contributed by atoms with Crippen molar-refractivity contribution in [2.75, 3.05) is 25.4 Å². The molecule has 2 aromatic heterocycles. The molecule has 0 bridgehead atoms. The average Bonchev–Trinajstić information content (AvgIpc) is 2.94. The van der Waals surface area contributed by atoms with Crippen LogP contribution in [0, 0.1) is 0 Å². The summed E-state index contributed by atoms with van der Waals surface area (Å²) < 4.78 is 1.22. The van der Waals surface area contributed by atoms with Crippen LogP contribution in [-0.4, -0.2) is 35.6 Å². The van der Waals surface area contributed by atoms with Crippen molar-refractivity contribution in [1.29, 1.82) is 0 Å². The molecule has 4 nitrogen and oxygen atoms in total. The number of piperidine rings is 1. The molecule has 0 unspecified atom stereocenters. The van der Waals surface area contributed by atoms with Crippen molar-refractivity contribution in [2.45, 2.75) is 18.9 Å². The number of hydrogen-bond donors (Lipinski definition) is 2. The van der Waals surface area contributed by atoms with Crippen molar-refractivity contribution >= 4 is 33.3 Å². The van der Waals surface area contributed by atoms with E-state index in [2.05, 4.69) is 27.4 Å². The van der Waals surface area contributed by atoms with Crippen LogP contribution < -0.4 is 11.5 Å². The smallest absolute Gasteiger partial charge is 0.132 e. The molecule has 1 fully saturated rings. The Morgan fingerprint density at radius 1 is 1.40 bits per heavy atom. The first kappa shape index (κ1) is 13.5. The van der Waals surface area contributed by atoms with Gasteiger partial charge in [0.25, 0.3) is 0 Å². The van der Waals surface area contributed by atoms with Gasteiger partial charge >= 0.3 is 0 Å². The highest BCUT2D eigenvalue weighted by molar-refractivity contribution is 7.17. The minimum atomic E-state index is 0.391. The molecule has 20 heavy (non-hydrogen) atoms. The molecule has 2 aromatic rings. The monoisotopic (exact) mass is 288 g/mol. The summed E-state index contributed by atoms with van der Waals surface area (Å²) >= 11 is 1.71. The molecule has 1 aliphatic heterocycles. The van der Waals surface area contributed by atoms with Crippen molar-refractivity contribution < 1.29 is 0 Å². The third-order valence-corrected chi connectivity index (χ3v) is 4.80. The summed E-state index contributed by atoms with van der Waals surface area (Å²) in [5.41, 5.74) is 12.9. The molecule has 4 N–H and O–H groups in total. The SMILES string of the molecule is Nc1ncc(/C=C/CN2CCC(N)CC2)c2sccc12. The van der Waals surface area contributed by atoms with E-state index in [4.69, 9.17) is 11.5 Å². The Kier molecular flexibility index (Phi) is 4.00. The first-order valence-electron chi connectivity index (χ1n) is 7.00. The number of rotatable bonds is 3. The Hall–Kier alpha value is -1.43. The molecule has 0 atom stereocenters. The van der Waals surface area contributed by atoms with Gasteiger partial charge < -0.3 is 11.5 Å². The summed E-state index contributed by atoms with van der Waals surface area (Å²) in [5, 5.41) is 3.12. The number of fused-ring (bicyclic) bond motifs is 1. The van der Waals surface area contributed by atoms with Gasteiger partial charge in [-0.25, -0.2) is 4.98 Å². The van der Waals surface area contributed by atoms with Crippen LogP contribution in [0.15, 0.2) is 23.7 Å². The highest BCUT2D eigenvalue weighted by Gasteiger charge is 2.14. The molecular weight excluding hydrogens is 268 g/mol. The highest BCUT2D eigenvalue weighted by Crippen LogP contribution is 2.28. The van der Waals surface area contributed by atoms with Gasteiger partial charge in [-0.2, -0.15) is 0 Å². The van der Waals surface area contributed by atoms with Crippen LogP contribution in [0.3, 0.4) is 0 Å². The van der Waals surface area contributed by atoms with Gasteiger partial charge in [-0.3, -0.25) is 4.90 Å². The molecule has 1 aliphatic rings. The van der Waals surface area contributed by atoms with Crippen molar-refractivity contribution in [3.05, 3.63) is 29.3 Å². The molecule has 0 aromatic carbocycles. The van der Waals surface area contributed by atoms with Gasteiger partial charge in [0.05, 0.1) is 0 Å². The Morgan fingerprint density at radius 3 is 3.00 bits per heavy atom. The summed E-state index contributed by atoms with van der Waals surface area (Å²) in [6.45, 7) is 3.17. The van der Waals surface area contributed by atoms with Crippen molar-refractivity contribution in [2.24, 2.45) is 5.73 Å². The minimum Gasteiger partial charge on any atom is -0.383 e. The van der Waals surface area contributed by atoms with E-state index in [1.807, 2.05) is 12.3 Å². The molecule has 0 radical (unpaired) electrons. The zero-order valence-corrected chi connectivity index (χ0v) is 12.3. The number of nitrogen functional groups attached to an aromatic ring is 1. The van der Waals surface area contributed by atoms with Gasteiger partial charge in [-0.1, -0.05) is 12.2 Å². The van der Waals surface area contributed by atoms with Gasteiger partial charge in [0.2, 0.25) is 0 Å². The Balaban J connectivity index is 1.68. The second-order valence-electron chi connectivity index (χ2n) is 5.30. The largest absolute Gasteiger partial charge is 0.383 e. The van der Waals surface area contributed by atoms with E-state index in [0.29, 0.717) is 11.9 Å². The lowest BCUT2D eigenvalue weighted by Gasteiger charge is -2.28. The second kappa shape index (κ2) is 5.91. The van der Waals surface area contributed by atoms with E-state index >= 15 is 0 Å². The molecule has 0 saturated carbocycles.